The quantitative estimate of drug-likeness (QED) is 0.696. The molecule has 1 atom stereocenters. The minimum Gasteiger partial charge on any atom is -0.479 e. The number of hydrogen-bond acceptors (Lipinski definition) is 5. The summed E-state index contributed by atoms with van der Waals surface area (Å²) in [7, 11) is -3.71. The van der Waals surface area contributed by atoms with Crippen LogP contribution in [0, 0.1) is 11.3 Å². The molecule has 3 aromatic rings. The Labute approximate surface area is 170 Å². The lowest BCUT2D eigenvalue weighted by atomic mass is 10.1. The van der Waals surface area contributed by atoms with Gasteiger partial charge in [0.1, 0.15) is 22.9 Å². The van der Waals surface area contributed by atoms with Crippen molar-refractivity contribution in [3.8, 4) is 11.8 Å². The highest BCUT2D eigenvalue weighted by Crippen LogP contribution is 2.39. The molecule has 1 heterocycles. The molecule has 0 saturated heterocycles. The highest BCUT2D eigenvalue weighted by atomic mass is 32.2. The molecule has 0 unspecified atom stereocenters. The van der Waals surface area contributed by atoms with Crippen LogP contribution in [-0.2, 0) is 16.6 Å². The number of nitriles is 1. The van der Waals surface area contributed by atoms with Gasteiger partial charge in [-0.25, -0.2) is 8.42 Å². The van der Waals surface area contributed by atoms with E-state index in [2.05, 4.69) is 5.32 Å². The number of hydrogen-bond donors (Lipinski definition) is 1. The van der Waals surface area contributed by atoms with Gasteiger partial charge in [-0.3, -0.25) is 0 Å². The predicted molar refractivity (Wildman–Crippen MR) is 110 cm³/mol. The van der Waals surface area contributed by atoms with E-state index in [9.17, 15) is 8.42 Å². The van der Waals surface area contributed by atoms with Crippen LogP contribution in [0.25, 0.3) is 0 Å². The maximum absolute atomic E-state index is 13.4. The van der Waals surface area contributed by atoms with Gasteiger partial charge in [0.05, 0.1) is 5.69 Å². The number of nitrogens with one attached hydrogen (secondary N) is 1. The van der Waals surface area contributed by atoms with Crippen molar-refractivity contribution in [3.05, 3.63) is 90.0 Å². The zero-order valence-electron chi connectivity index (χ0n) is 15.5. The topological polar surface area (TPSA) is 82.4 Å². The summed E-state index contributed by atoms with van der Waals surface area (Å²) in [6.45, 7) is 0.199. The van der Waals surface area contributed by atoms with Crippen LogP contribution in [0.5, 0.6) is 5.75 Å². The van der Waals surface area contributed by atoms with E-state index < -0.39 is 16.2 Å². The van der Waals surface area contributed by atoms with Crippen LogP contribution in [0.1, 0.15) is 17.3 Å². The second-order valence-electron chi connectivity index (χ2n) is 6.59. The lowest BCUT2D eigenvalue weighted by Gasteiger charge is -2.37. The lowest BCUT2D eigenvalue weighted by Crippen LogP contribution is -2.42. The number of rotatable bonds is 5. The van der Waals surface area contributed by atoms with E-state index in [1.807, 2.05) is 54.6 Å². The minimum atomic E-state index is -3.71. The van der Waals surface area contributed by atoms with Crippen molar-refractivity contribution >= 4 is 15.7 Å². The molecule has 1 aliphatic rings. The van der Waals surface area contributed by atoms with Crippen molar-refractivity contribution in [2.75, 3.05) is 11.9 Å². The summed E-state index contributed by atoms with van der Waals surface area (Å²) in [6, 6.07) is 25.4. The first-order valence-electron chi connectivity index (χ1n) is 9.10. The summed E-state index contributed by atoms with van der Waals surface area (Å²) in [6.07, 6.45) is -0.569. The van der Waals surface area contributed by atoms with Crippen LogP contribution in [-0.4, -0.2) is 19.3 Å². The number of para-hydroxylation sites is 1. The molecule has 0 bridgehead atoms. The third kappa shape index (κ3) is 3.81. The molecular formula is C22H19N3O3S. The fraction of sp³-hybridized carbons (Fsp3) is 0.136. The maximum Gasteiger partial charge on any atom is 0.247 e. The van der Waals surface area contributed by atoms with Gasteiger partial charge in [-0.05, 0) is 35.4 Å². The molecule has 3 aromatic carbocycles. The van der Waals surface area contributed by atoms with E-state index in [1.54, 1.807) is 30.3 Å². The maximum atomic E-state index is 13.4. The number of ether oxygens (including phenoxy) is 1. The van der Waals surface area contributed by atoms with Crippen LogP contribution in [0.4, 0.5) is 5.69 Å². The molecule has 1 N–H and O–H groups in total. The average Bonchev–Trinajstić information content (AvgIpc) is 2.75. The molecule has 29 heavy (non-hydrogen) atoms. The van der Waals surface area contributed by atoms with Gasteiger partial charge in [-0.1, -0.05) is 54.6 Å². The Kier molecular flexibility index (Phi) is 5.21. The van der Waals surface area contributed by atoms with E-state index in [4.69, 9.17) is 10.00 Å². The fourth-order valence-electron chi connectivity index (χ4n) is 3.35. The lowest BCUT2D eigenvalue weighted by molar-refractivity contribution is 0.335. The first-order chi connectivity index (χ1) is 14.1. The van der Waals surface area contributed by atoms with Gasteiger partial charge in [0.2, 0.25) is 10.0 Å². The van der Waals surface area contributed by atoms with Crippen molar-refractivity contribution in [2.45, 2.75) is 17.6 Å². The van der Waals surface area contributed by atoms with Gasteiger partial charge in [0.25, 0.3) is 0 Å². The van der Waals surface area contributed by atoms with E-state index in [0.29, 0.717) is 11.4 Å². The number of benzene rings is 3. The van der Waals surface area contributed by atoms with Crippen LogP contribution in [0.15, 0.2) is 83.8 Å². The first-order valence-corrected chi connectivity index (χ1v) is 10.5. The molecule has 0 radical (unpaired) electrons. The number of nitrogens with zero attached hydrogens (tertiary/aromatic N) is 2. The third-order valence-corrected chi connectivity index (χ3v) is 6.60. The summed E-state index contributed by atoms with van der Waals surface area (Å²) >= 11 is 0. The molecule has 0 aromatic heterocycles. The van der Waals surface area contributed by atoms with Crippen molar-refractivity contribution in [1.82, 2.24) is 4.31 Å². The molecular weight excluding hydrogens is 386 g/mol. The Morgan fingerprint density at radius 3 is 2.38 bits per heavy atom. The molecule has 146 valence electrons. The molecule has 0 spiro atoms. The summed E-state index contributed by atoms with van der Waals surface area (Å²) < 4.78 is 33.6. The molecule has 0 aliphatic carbocycles. The van der Waals surface area contributed by atoms with Crippen LogP contribution >= 0.6 is 0 Å². The Hall–Kier alpha value is -3.34. The Morgan fingerprint density at radius 1 is 0.966 bits per heavy atom. The molecule has 0 fully saturated rings. The van der Waals surface area contributed by atoms with Gasteiger partial charge < -0.3 is 10.1 Å². The second-order valence-corrected chi connectivity index (χ2v) is 8.45. The molecule has 6 nitrogen and oxygen atoms in total. The second kappa shape index (κ2) is 7.95. The largest absolute Gasteiger partial charge is 0.479 e. The van der Waals surface area contributed by atoms with Gasteiger partial charge in [-0.2, -0.15) is 9.57 Å². The van der Waals surface area contributed by atoms with Crippen molar-refractivity contribution < 1.29 is 13.2 Å². The Bertz CT molecular complexity index is 1140. The summed E-state index contributed by atoms with van der Waals surface area (Å²) in [5, 5.41) is 12.0. The van der Waals surface area contributed by atoms with Crippen LogP contribution in [0.3, 0.4) is 0 Å². The fourth-order valence-corrected chi connectivity index (χ4v) is 5.03. The standard InChI is InChI=1S/C22H19N3O3S/c23-14-15-28-19-12-10-18(11-13-19)22-24-20-8-4-5-9-21(20)29(26,27)25(22)16-17-6-2-1-3-7-17/h1-13,22,24H,15-16H2/t22-/m1/s1. The summed E-state index contributed by atoms with van der Waals surface area (Å²) in [4.78, 5) is 0.265. The zero-order valence-corrected chi connectivity index (χ0v) is 16.3. The van der Waals surface area contributed by atoms with E-state index in [1.165, 1.54) is 4.31 Å². The van der Waals surface area contributed by atoms with Crippen LogP contribution < -0.4 is 10.1 Å². The molecule has 0 saturated carbocycles. The molecule has 1 aliphatic heterocycles. The van der Waals surface area contributed by atoms with Gasteiger partial charge in [0.15, 0.2) is 6.61 Å². The summed E-state index contributed by atoms with van der Waals surface area (Å²) in [5.41, 5.74) is 2.26. The van der Waals surface area contributed by atoms with Crippen molar-refractivity contribution in [2.24, 2.45) is 0 Å². The van der Waals surface area contributed by atoms with Crippen molar-refractivity contribution in [1.29, 1.82) is 5.26 Å². The van der Waals surface area contributed by atoms with Gasteiger partial charge in [-0.15, -0.1) is 0 Å². The Morgan fingerprint density at radius 2 is 1.66 bits per heavy atom. The Balaban J connectivity index is 1.74. The molecule has 0 amide bonds. The number of anilines is 1. The normalized spacial score (nSPS) is 17.6. The number of sulfonamides is 1. The first kappa shape index (κ1) is 19.0. The highest BCUT2D eigenvalue weighted by Gasteiger charge is 2.38. The van der Waals surface area contributed by atoms with E-state index in [-0.39, 0.29) is 18.0 Å². The monoisotopic (exact) mass is 405 g/mol. The van der Waals surface area contributed by atoms with E-state index in [0.717, 1.165) is 11.1 Å². The number of fused-ring (bicyclic) bond motifs is 1. The predicted octanol–water partition coefficient (Wildman–Crippen LogP) is 3.90. The molecule has 4 rings (SSSR count). The van der Waals surface area contributed by atoms with Gasteiger partial charge in [0, 0.05) is 6.54 Å². The SMILES string of the molecule is N#CCOc1ccc([C@@H]2Nc3ccccc3S(=O)(=O)N2Cc2ccccc2)cc1. The zero-order chi connectivity index (χ0) is 20.3. The third-order valence-electron chi connectivity index (χ3n) is 4.73. The van der Waals surface area contributed by atoms with E-state index >= 15 is 0 Å². The smallest absolute Gasteiger partial charge is 0.247 e. The van der Waals surface area contributed by atoms with Crippen LogP contribution in [0.2, 0.25) is 0 Å². The highest BCUT2D eigenvalue weighted by molar-refractivity contribution is 7.89. The summed E-state index contributed by atoms with van der Waals surface area (Å²) in [5.74, 6) is 0.559. The average molecular weight is 405 g/mol. The molecule has 7 heteroatoms. The van der Waals surface area contributed by atoms with Crippen molar-refractivity contribution in [3.63, 3.8) is 0 Å². The minimum absolute atomic E-state index is 0.0388. The van der Waals surface area contributed by atoms with Gasteiger partial charge >= 0.3 is 0 Å².